The second-order valence-corrected chi connectivity index (χ2v) is 11.1. The Labute approximate surface area is 260 Å². The molecule has 3 aromatic heterocycles. The fourth-order valence-corrected chi connectivity index (χ4v) is 6.33. The van der Waals surface area contributed by atoms with Crippen molar-refractivity contribution < 1.29 is 41.4 Å². The topological polar surface area (TPSA) is 118 Å². The minimum Gasteiger partial charge on any atom is -0.539 e. The minimum absolute atomic E-state index is 0.00214. The van der Waals surface area contributed by atoms with Crippen molar-refractivity contribution >= 4 is 43.8 Å². The van der Waals surface area contributed by atoms with Gasteiger partial charge in [-0.15, -0.1) is 24.5 Å². The zero-order valence-corrected chi connectivity index (χ0v) is 24.0. The van der Waals surface area contributed by atoms with Crippen molar-refractivity contribution in [2.24, 2.45) is 0 Å². The Hall–Kier alpha value is -5.82. The van der Waals surface area contributed by atoms with E-state index in [2.05, 4.69) is 10.0 Å². The number of carbonyl (C=O) groups excluding carboxylic acids is 1. The van der Waals surface area contributed by atoms with E-state index in [-0.39, 0.29) is 16.3 Å². The van der Waals surface area contributed by atoms with Gasteiger partial charge in [-0.25, -0.2) is 9.37 Å². The number of nitrogens with two attached hydrogens (primary N) is 1. The molecule has 0 atom stereocenters. The van der Waals surface area contributed by atoms with E-state index in [1.807, 2.05) is 42.5 Å². The Morgan fingerprint density at radius 3 is 2.43 bits per heavy atom. The van der Waals surface area contributed by atoms with E-state index in [9.17, 15) is 27.5 Å². The van der Waals surface area contributed by atoms with Gasteiger partial charge in [0.2, 0.25) is 5.69 Å². The first-order valence-electron chi connectivity index (χ1n) is 13.5. The van der Waals surface area contributed by atoms with Gasteiger partial charge in [0.05, 0.1) is 16.7 Å². The second-order valence-electron chi connectivity index (χ2n) is 10.1. The van der Waals surface area contributed by atoms with Crippen LogP contribution in [0.25, 0.3) is 49.1 Å². The number of ether oxygens (including phenoxy) is 1. The average Bonchev–Trinajstić information content (AvgIpc) is 3.59. The van der Waals surface area contributed by atoms with Gasteiger partial charge >= 0.3 is 12.1 Å². The van der Waals surface area contributed by atoms with E-state index in [1.165, 1.54) is 24.3 Å². The number of hydrogen-bond acceptors (Lipinski definition) is 8. The molecule has 0 spiro atoms. The first-order valence-corrected chi connectivity index (χ1v) is 14.4. The van der Waals surface area contributed by atoms with Crippen LogP contribution in [-0.4, -0.2) is 22.4 Å². The summed E-state index contributed by atoms with van der Waals surface area (Å²) in [6.45, 7) is 0. The SMILES string of the molecule is Nc1c(C(=O)c2c([O-])on[n+]2-c2ccc(OC(F)(F)F)cc2)sc2nc(-c3cccc4ccccc34)cc(-c3cccc(F)c3)c12. The molecule has 0 saturated carbocycles. The highest BCUT2D eigenvalue weighted by Gasteiger charge is 2.34. The molecule has 0 fully saturated rings. The summed E-state index contributed by atoms with van der Waals surface area (Å²) in [6.07, 6.45) is -4.91. The highest BCUT2D eigenvalue weighted by molar-refractivity contribution is 7.21. The van der Waals surface area contributed by atoms with Crippen LogP contribution in [0.15, 0.2) is 102 Å². The number of nitrogens with zero attached hydrogens (tertiary/aromatic N) is 3. The van der Waals surface area contributed by atoms with Crippen molar-refractivity contribution in [2.45, 2.75) is 6.36 Å². The average molecular weight is 643 g/mol. The van der Waals surface area contributed by atoms with Crippen LogP contribution >= 0.6 is 11.3 Å². The third kappa shape index (κ3) is 5.16. The van der Waals surface area contributed by atoms with Crippen LogP contribution in [0.4, 0.5) is 23.2 Å². The highest BCUT2D eigenvalue weighted by atomic mass is 32.1. The van der Waals surface area contributed by atoms with Crippen LogP contribution in [-0.2, 0) is 0 Å². The van der Waals surface area contributed by atoms with Gasteiger partial charge < -0.3 is 20.1 Å². The first-order chi connectivity index (χ1) is 22.1. The smallest absolute Gasteiger partial charge is 0.539 e. The van der Waals surface area contributed by atoms with Gasteiger partial charge in [0.25, 0.3) is 5.78 Å². The number of halogens is 4. The lowest BCUT2D eigenvalue weighted by Gasteiger charge is -2.11. The zero-order valence-electron chi connectivity index (χ0n) is 23.2. The molecular formula is C33H18F4N4O4S. The van der Waals surface area contributed by atoms with E-state index in [1.54, 1.807) is 18.2 Å². The summed E-state index contributed by atoms with van der Waals surface area (Å²) in [6, 6.07) is 25.6. The molecule has 0 radical (unpaired) electrons. The fourth-order valence-electron chi connectivity index (χ4n) is 5.27. The summed E-state index contributed by atoms with van der Waals surface area (Å²) in [5.41, 5.74) is 8.46. The molecule has 2 N–H and O–H groups in total. The van der Waals surface area contributed by atoms with Gasteiger partial charge in [-0.3, -0.25) is 4.79 Å². The normalized spacial score (nSPS) is 11.7. The third-order valence-corrected chi connectivity index (χ3v) is 8.35. The lowest BCUT2D eigenvalue weighted by Crippen LogP contribution is -2.39. The largest absolute Gasteiger partial charge is 0.573 e. The van der Waals surface area contributed by atoms with Gasteiger partial charge in [0, 0.05) is 23.1 Å². The summed E-state index contributed by atoms with van der Waals surface area (Å²) >= 11 is 0.933. The van der Waals surface area contributed by atoms with Gasteiger partial charge in [-0.1, -0.05) is 54.6 Å². The van der Waals surface area contributed by atoms with Crippen molar-refractivity contribution in [3.05, 3.63) is 113 Å². The molecule has 7 rings (SSSR count). The third-order valence-electron chi connectivity index (χ3n) is 7.25. The van der Waals surface area contributed by atoms with Crippen molar-refractivity contribution in [1.29, 1.82) is 0 Å². The number of fused-ring (bicyclic) bond motifs is 2. The number of anilines is 1. The molecule has 0 aliphatic carbocycles. The Bertz CT molecular complexity index is 2290. The lowest BCUT2D eigenvalue weighted by atomic mass is 9.97. The van der Waals surface area contributed by atoms with E-state index >= 15 is 0 Å². The van der Waals surface area contributed by atoms with Crippen LogP contribution in [0, 0.1) is 5.82 Å². The zero-order chi connectivity index (χ0) is 32.2. The Morgan fingerprint density at radius 1 is 0.935 bits per heavy atom. The minimum atomic E-state index is -4.91. The molecule has 0 saturated heterocycles. The molecule has 3 heterocycles. The molecule has 13 heteroatoms. The number of thiophene rings is 1. The number of alkyl halides is 3. The van der Waals surface area contributed by atoms with Gasteiger partial charge in [0.1, 0.15) is 21.3 Å². The lowest BCUT2D eigenvalue weighted by molar-refractivity contribution is -0.672. The molecule has 0 bridgehead atoms. The quantitative estimate of drug-likeness (QED) is 0.118. The monoisotopic (exact) mass is 642 g/mol. The molecule has 0 aliphatic rings. The summed E-state index contributed by atoms with van der Waals surface area (Å²) in [7, 11) is 0. The van der Waals surface area contributed by atoms with E-state index in [0.29, 0.717) is 27.0 Å². The Kier molecular flexibility index (Phi) is 6.89. The van der Waals surface area contributed by atoms with Crippen molar-refractivity contribution in [3.8, 4) is 39.8 Å². The van der Waals surface area contributed by atoms with Crippen LogP contribution in [0.1, 0.15) is 15.4 Å². The summed E-state index contributed by atoms with van der Waals surface area (Å²) < 4.78 is 61.8. The number of aromatic nitrogens is 3. The second kappa shape index (κ2) is 11.0. The maximum atomic E-state index is 14.4. The van der Waals surface area contributed by atoms with Crippen LogP contribution < -0.4 is 20.3 Å². The van der Waals surface area contributed by atoms with Crippen molar-refractivity contribution in [1.82, 2.24) is 10.3 Å². The Morgan fingerprint density at radius 2 is 1.67 bits per heavy atom. The molecule has 8 nitrogen and oxygen atoms in total. The molecule has 228 valence electrons. The molecule has 0 amide bonds. The van der Waals surface area contributed by atoms with E-state index in [0.717, 1.165) is 44.5 Å². The summed E-state index contributed by atoms with van der Waals surface area (Å²) in [4.78, 5) is 19.1. The molecule has 0 unspecified atom stereocenters. The van der Waals surface area contributed by atoms with Crippen LogP contribution in [0.3, 0.4) is 0 Å². The first kappa shape index (κ1) is 28.9. The van der Waals surface area contributed by atoms with E-state index in [4.69, 9.17) is 15.2 Å². The number of pyridine rings is 1. The predicted octanol–water partition coefficient (Wildman–Crippen LogP) is 6.97. The van der Waals surface area contributed by atoms with E-state index < -0.39 is 35.4 Å². The number of rotatable bonds is 6. The molecule has 0 aliphatic heterocycles. The molecule has 46 heavy (non-hydrogen) atoms. The highest BCUT2D eigenvalue weighted by Crippen LogP contribution is 2.43. The standard InChI is InChI=1S/C33H18F4N4O4S/c34-19-8-3-7-18(15-19)24-16-25(23-10-4-6-17-5-1-2-9-22(17)23)39-31-26(24)27(38)30(46-31)29(42)28-32(43)45-40-41(28)20-11-13-21(14-12-20)44-33(35,36)37/h1-16H,(H2-,38,40,42,43). The number of ketones is 1. The Balaban J connectivity index is 1.39. The van der Waals surface area contributed by atoms with Gasteiger partial charge in [0.15, 0.2) is 5.95 Å². The molecule has 7 aromatic rings. The fraction of sp³-hybridized carbons (Fsp3) is 0.0303. The summed E-state index contributed by atoms with van der Waals surface area (Å²) in [5, 5.41) is 18.7. The molecule has 4 aromatic carbocycles. The van der Waals surface area contributed by atoms with Gasteiger partial charge in [-0.05, 0) is 56.9 Å². The van der Waals surface area contributed by atoms with Crippen molar-refractivity contribution in [2.75, 3.05) is 5.73 Å². The predicted molar refractivity (Wildman–Crippen MR) is 160 cm³/mol. The number of nitrogen functional groups attached to an aromatic ring is 1. The summed E-state index contributed by atoms with van der Waals surface area (Å²) in [5.74, 6) is -2.93. The number of benzene rings is 4. The van der Waals surface area contributed by atoms with Crippen LogP contribution in [0.5, 0.6) is 11.7 Å². The molecular weight excluding hydrogens is 624 g/mol. The maximum Gasteiger partial charge on any atom is 0.573 e. The number of carbonyl (C=O) groups is 1. The van der Waals surface area contributed by atoms with Gasteiger partial charge in [-0.2, -0.15) is 0 Å². The van der Waals surface area contributed by atoms with Crippen LogP contribution in [0.2, 0.25) is 0 Å². The van der Waals surface area contributed by atoms with Crippen molar-refractivity contribution in [3.63, 3.8) is 0 Å². The number of hydrogen-bond donors (Lipinski definition) is 1. The maximum absolute atomic E-state index is 14.4.